The molecule has 0 aliphatic carbocycles. The molecular weight excluding hydrogens is 146 g/mol. The molecular formula is C5H11N5O. The topological polar surface area (TPSA) is 104 Å². The van der Waals surface area contributed by atoms with E-state index in [9.17, 15) is 4.79 Å². The van der Waals surface area contributed by atoms with Crippen LogP contribution >= 0.6 is 0 Å². The zero-order chi connectivity index (χ0) is 8.69. The maximum atomic E-state index is 10.5. The quantitative estimate of drug-likeness (QED) is 0.326. The van der Waals surface area contributed by atoms with Gasteiger partial charge < -0.3 is 11.1 Å². The fourth-order valence-electron chi connectivity index (χ4n) is 0.660. The van der Waals surface area contributed by atoms with E-state index in [1.807, 2.05) is 0 Å². The average molecular weight is 157 g/mol. The number of hydrogen-bond donors (Lipinski definition) is 2. The molecule has 0 fully saturated rings. The van der Waals surface area contributed by atoms with Crippen LogP contribution in [0.4, 0.5) is 0 Å². The summed E-state index contributed by atoms with van der Waals surface area (Å²) in [5.74, 6) is -0.430. The Balaban J connectivity index is 3.69. The number of rotatable bonds is 5. The Hall–Kier alpha value is -1.26. The largest absolute Gasteiger partial charge is 0.368 e. The summed E-state index contributed by atoms with van der Waals surface area (Å²) >= 11 is 0. The Morgan fingerprint density at radius 2 is 2.55 bits per heavy atom. The number of likely N-dealkylation sites (N-methyl/N-ethyl adjacent to an activating group) is 1. The molecule has 62 valence electrons. The summed E-state index contributed by atoms with van der Waals surface area (Å²) in [5.41, 5.74) is 12.9. The minimum absolute atomic E-state index is 0.283. The van der Waals surface area contributed by atoms with Crippen LogP contribution in [0, 0.1) is 0 Å². The normalized spacial score (nSPS) is 11.7. The Labute approximate surface area is 64.4 Å². The Kier molecular flexibility index (Phi) is 4.89. The van der Waals surface area contributed by atoms with Crippen LogP contribution in [0.1, 0.15) is 6.42 Å². The molecule has 0 bridgehead atoms. The van der Waals surface area contributed by atoms with Crippen molar-refractivity contribution in [3.05, 3.63) is 10.4 Å². The molecule has 1 atom stereocenters. The highest BCUT2D eigenvalue weighted by Crippen LogP contribution is 1.90. The van der Waals surface area contributed by atoms with Crippen molar-refractivity contribution in [2.75, 3.05) is 13.6 Å². The molecule has 0 aromatic heterocycles. The van der Waals surface area contributed by atoms with E-state index in [1.165, 1.54) is 0 Å². The van der Waals surface area contributed by atoms with Crippen LogP contribution in [0.3, 0.4) is 0 Å². The monoisotopic (exact) mass is 157 g/mol. The second kappa shape index (κ2) is 5.52. The summed E-state index contributed by atoms with van der Waals surface area (Å²) in [6.45, 7) is 0.283. The molecule has 11 heavy (non-hydrogen) atoms. The second-order valence-electron chi connectivity index (χ2n) is 1.99. The van der Waals surface area contributed by atoms with Gasteiger partial charge >= 0.3 is 0 Å². The molecule has 0 aromatic rings. The lowest BCUT2D eigenvalue weighted by atomic mass is 10.2. The van der Waals surface area contributed by atoms with Crippen molar-refractivity contribution in [2.45, 2.75) is 12.5 Å². The van der Waals surface area contributed by atoms with Gasteiger partial charge in [-0.15, -0.1) is 0 Å². The number of hydrogen-bond acceptors (Lipinski definition) is 3. The van der Waals surface area contributed by atoms with Gasteiger partial charge in [0.1, 0.15) is 0 Å². The highest BCUT2D eigenvalue weighted by Gasteiger charge is 2.10. The molecule has 6 heteroatoms. The maximum Gasteiger partial charge on any atom is 0.234 e. The molecule has 0 spiro atoms. The predicted molar refractivity (Wildman–Crippen MR) is 40.7 cm³/mol. The van der Waals surface area contributed by atoms with Crippen LogP contribution in [0.25, 0.3) is 10.4 Å². The third kappa shape index (κ3) is 4.19. The van der Waals surface area contributed by atoms with Gasteiger partial charge in [0.15, 0.2) is 0 Å². The zero-order valence-electron chi connectivity index (χ0n) is 6.32. The molecule has 0 heterocycles. The molecule has 0 radical (unpaired) electrons. The fraction of sp³-hybridized carbons (Fsp3) is 0.800. The molecule has 0 saturated heterocycles. The first-order valence-electron chi connectivity index (χ1n) is 3.19. The third-order valence-corrected chi connectivity index (χ3v) is 1.27. The van der Waals surface area contributed by atoms with Gasteiger partial charge in [-0.2, -0.15) is 0 Å². The van der Waals surface area contributed by atoms with E-state index in [-0.39, 0.29) is 6.54 Å². The van der Waals surface area contributed by atoms with Crippen molar-refractivity contribution < 1.29 is 4.79 Å². The zero-order valence-corrected chi connectivity index (χ0v) is 6.32. The van der Waals surface area contributed by atoms with Gasteiger partial charge in [0.25, 0.3) is 0 Å². The predicted octanol–water partition coefficient (Wildman–Crippen LogP) is -0.240. The summed E-state index contributed by atoms with van der Waals surface area (Å²) in [5, 5.41) is 5.98. The van der Waals surface area contributed by atoms with Crippen LogP contribution in [0.2, 0.25) is 0 Å². The number of primary amides is 1. The van der Waals surface area contributed by atoms with Gasteiger partial charge in [0.05, 0.1) is 6.04 Å². The van der Waals surface area contributed by atoms with Crippen LogP contribution in [-0.2, 0) is 4.79 Å². The minimum Gasteiger partial charge on any atom is -0.368 e. The summed E-state index contributed by atoms with van der Waals surface area (Å²) in [6, 6.07) is -0.402. The lowest BCUT2D eigenvalue weighted by Crippen LogP contribution is -2.39. The summed E-state index contributed by atoms with van der Waals surface area (Å²) in [7, 11) is 1.63. The Morgan fingerprint density at radius 3 is 2.91 bits per heavy atom. The SMILES string of the molecule is CNC(CCN=[N+]=[N-])C(N)=O. The first kappa shape index (κ1) is 9.74. The first-order chi connectivity index (χ1) is 5.22. The van der Waals surface area contributed by atoms with Crippen LogP contribution in [-0.4, -0.2) is 25.5 Å². The van der Waals surface area contributed by atoms with Crippen molar-refractivity contribution in [3.8, 4) is 0 Å². The van der Waals surface area contributed by atoms with E-state index in [0.29, 0.717) is 6.42 Å². The van der Waals surface area contributed by atoms with Crippen LogP contribution < -0.4 is 11.1 Å². The van der Waals surface area contributed by atoms with Gasteiger partial charge in [-0.1, -0.05) is 5.11 Å². The van der Waals surface area contributed by atoms with Gasteiger partial charge in [0, 0.05) is 11.5 Å². The van der Waals surface area contributed by atoms with Gasteiger partial charge in [-0.3, -0.25) is 4.79 Å². The molecule has 1 amide bonds. The minimum atomic E-state index is -0.430. The number of nitrogens with one attached hydrogen (secondary N) is 1. The van der Waals surface area contributed by atoms with Gasteiger partial charge in [0.2, 0.25) is 5.91 Å². The maximum absolute atomic E-state index is 10.5. The first-order valence-corrected chi connectivity index (χ1v) is 3.19. The average Bonchev–Trinajstić information content (AvgIpc) is 1.97. The number of carbonyl (C=O) groups excluding carboxylic acids is 1. The van der Waals surface area contributed by atoms with Gasteiger partial charge in [-0.05, 0) is 19.0 Å². The second-order valence-corrected chi connectivity index (χ2v) is 1.99. The lowest BCUT2D eigenvalue weighted by molar-refractivity contribution is -0.119. The van der Waals surface area contributed by atoms with Gasteiger partial charge in [-0.25, -0.2) is 0 Å². The van der Waals surface area contributed by atoms with Crippen LogP contribution in [0.5, 0.6) is 0 Å². The number of nitrogens with zero attached hydrogens (tertiary/aromatic N) is 3. The van der Waals surface area contributed by atoms with E-state index in [0.717, 1.165) is 0 Å². The fourth-order valence-corrected chi connectivity index (χ4v) is 0.660. The van der Waals surface area contributed by atoms with Crippen molar-refractivity contribution in [1.82, 2.24) is 5.32 Å². The molecule has 6 nitrogen and oxygen atoms in total. The molecule has 0 aliphatic heterocycles. The van der Waals surface area contributed by atoms with Crippen molar-refractivity contribution in [1.29, 1.82) is 0 Å². The van der Waals surface area contributed by atoms with E-state index in [1.54, 1.807) is 7.05 Å². The Bertz CT molecular complexity index is 174. The number of amides is 1. The summed E-state index contributed by atoms with van der Waals surface area (Å²) in [6.07, 6.45) is 0.440. The molecule has 0 aliphatic rings. The lowest BCUT2D eigenvalue weighted by Gasteiger charge is -2.08. The van der Waals surface area contributed by atoms with Crippen LogP contribution in [0.15, 0.2) is 5.11 Å². The van der Waals surface area contributed by atoms with Crippen molar-refractivity contribution >= 4 is 5.91 Å². The number of carbonyl (C=O) groups is 1. The number of nitrogens with two attached hydrogens (primary N) is 1. The third-order valence-electron chi connectivity index (χ3n) is 1.27. The van der Waals surface area contributed by atoms with Crippen molar-refractivity contribution in [3.63, 3.8) is 0 Å². The van der Waals surface area contributed by atoms with Crippen molar-refractivity contribution in [2.24, 2.45) is 10.8 Å². The van der Waals surface area contributed by atoms with E-state index >= 15 is 0 Å². The number of azide groups is 1. The van der Waals surface area contributed by atoms with E-state index in [2.05, 4.69) is 15.3 Å². The molecule has 0 aromatic carbocycles. The van der Waals surface area contributed by atoms with E-state index in [4.69, 9.17) is 11.3 Å². The smallest absolute Gasteiger partial charge is 0.234 e. The highest BCUT2D eigenvalue weighted by atomic mass is 16.1. The summed E-state index contributed by atoms with van der Waals surface area (Å²) < 4.78 is 0. The Morgan fingerprint density at radius 1 is 1.91 bits per heavy atom. The molecule has 0 rings (SSSR count). The highest BCUT2D eigenvalue weighted by molar-refractivity contribution is 5.79. The molecule has 3 N–H and O–H groups in total. The molecule has 1 unspecified atom stereocenters. The molecule has 0 saturated carbocycles. The summed E-state index contributed by atoms with van der Waals surface area (Å²) in [4.78, 5) is 13.1. The van der Waals surface area contributed by atoms with E-state index < -0.39 is 11.9 Å². The standard InChI is InChI=1S/C5H11N5O/c1-8-4(5(6)11)2-3-9-10-7/h4,8H,2-3H2,1H3,(H2,6,11).